The molecular weight excluding hydrogens is 356 g/mol. The van der Waals surface area contributed by atoms with Crippen LogP contribution in [0.15, 0.2) is 28.8 Å². The molecule has 136 valence electrons. The van der Waals surface area contributed by atoms with Gasteiger partial charge in [0.1, 0.15) is 0 Å². The van der Waals surface area contributed by atoms with Crippen LogP contribution in [0.5, 0.6) is 0 Å². The van der Waals surface area contributed by atoms with E-state index in [1.165, 1.54) is 12.8 Å². The first-order chi connectivity index (χ1) is 12.5. The Labute approximate surface area is 155 Å². The van der Waals surface area contributed by atoms with Crippen molar-refractivity contribution in [1.29, 1.82) is 0 Å². The van der Waals surface area contributed by atoms with Gasteiger partial charge in [-0.2, -0.15) is 4.98 Å². The summed E-state index contributed by atoms with van der Waals surface area (Å²) in [6.07, 6.45) is 4.72. The van der Waals surface area contributed by atoms with Crippen molar-refractivity contribution in [2.45, 2.75) is 25.7 Å². The SMILES string of the molecule is O=C(NCC(=O)N1CCC2(CC1)CC2)c1noc(-c2cccc(Cl)c2)n1. The number of aromatic nitrogens is 2. The monoisotopic (exact) mass is 374 g/mol. The second kappa shape index (κ2) is 6.72. The maximum absolute atomic E-state index is 12.3. The summed E-state index contributed by atoms with van der Waals surface area (Å²) in [5, 5.41) is 6.78. The van der Waals surface area contributed by atoms with Crippen LogP contribution in [0.3, 0.4) is 0 Å². The number of rotatable bonds is 4. The van der Waals surface area contributed by atoms with E-state index in [2.05, 4.69) is 15.5 Å². The van der Waals surface area contributed by atoms with Crippen LogP contribution in [0.4, 0.5) is 0 Å². The van der Waals surface area contributed by atoms with Crippen LogP contribution in [0.2, 0.25) is 5.02 Å². The first-order valence-electron chi connectivity index (χ1n) is 8.70. The van der Waals surface area contributed by atoms with Gasteiger partial charge >= 0.3 is 0 Å². The van der Waals surface area contributed by atoms with Crippen LogP contribution in [0.1, 0.15) is 36.3 Å². The molecular formula is C18H19ClN4O3. The van der Waals surface area contributed by atoms with E-state index in [0.717, 1.165) is 25.9 Å². The number of hydrogen-bond acceptors (Lipinski definition) is 5. The Hall–Kier alpha value is -2.41. The van der Waals surface area contributed by atoms with Gasteiger partial charge in [-0.1, -0.05) is 22.8 Å². The van der Waals surface area contributed by atoms with Gasteiger partial charge in [-0.05, 0) is 49.3 Å². The van der Waals surface area contributed by atoms with Crippen LogP contribution in [-0.4, -0.2) is 46.5 Å². The van der Waals surface area contributed by atoms with Gasteiger partial charge in [0.2, 0.25) is 5.91 Å². The molecule has 2 amide bonds. The van der Waals surface area contributed by atoms with Gasteiger partial charge in [0, 0.05) is 23.7 Å². The van der Waals surface area contributed by atoms with Crippen LogP contribution < -0.4 is 5.32 Å². The third-order valence-corrected chi connectivity index (χ3v) is 5.47. The molecule has 0 atom stereocenters. The standard InChI is InChI=1S/C18H19ClN4O3/c19-13-3-1-2-12(10-13)17-21-15(22-26-17)16(25)20-11-14(24)23-8-6-18(4-5-18)7-9-23/h1-3,10H,4-9,11H2,(H,20,25). The normalized spacial score (nSPS) is 18.0. The molecule has 26 heavy (non-hydrogen) atoms. The fraction of sp³-hybridized carbons (Fsp3) is 0.444. The van der Waals surface area contributed by atoms with E-state index in [0.29, 0.717) is 16.0 Å². The van der Waals surface area contributed by atoms with E-state index in [1.54, 1.807) is 24.3 Å². The molecule has 1 saturated carbocycles. The quantitative estimate of drug-likeness (QED) is 0.888. The Morgan fingerprint density at radius 3 is 2.69 bits per heavy atom. The number of halogens is 1. The Kier molecular flexibility index (Phi) is 4.40. The van der Waals surface area contributed by atoms with Gasteiger partial charge in [-0.25, -0.2) is 0 Å². The highest BCUT2D eigenvalue weighted by Crippen LogP contribution is 2.53. The molecule has 2 aliphatic rings. The first kappa shape index (κ1) is 17.0. The Balaban J connectivity index is 1.31. The van der Waals surface area contributed by atoms with Gasteiger partial charge in [-0.3, -0.25) is 9.59 Å². The average Bonchev–Trinajstić information content (AvgIpc) is 3.21. The molecule has 1 N–H and O–H groups in total. The molecule has 1 aliphatic carbocycles. The average molecular weight is 375 g/mol. The molecule has 1 aliphatic heterocycles. The second-order valence-corrected chi connectivity index (χ2v) is 7.43. The topological polar surface area (TPSA) is 88.3 Å². The fourth-order valence-electron chi connectivity index (χ4n) is 3.31. The Morgan fingerprint density at radius 2 is 2.00 bits per heavy atom. The van der Waals surface area contributed by atoms with Gasteiger partial charge in [0.15, 0.2) is 0 Å². The zero-order valence-electron chi connectivity index (χ0n) is 14.2. The summed E-state index contributed by atoms with van der Waals surface area (Å²) >= 11 is 5.93. The summed E-state index contributed by atoms with van der Waals surface area (Å²) in [5.74, 6) is -0.517. The number of hydrogen-bond donors (Lipinski definition) is 1. The number of amides is 2. The molecule has 1 aromatic heterocycles. The molecule has 1 aromatic carbocycles. The van der Waals surface area contributed by atoms with E-state index < -0.39 is 5.91 Å². The van der Waals surface area contributed by atoms with Gasteiger partial charge in [0.05, 0.1) is 6.54 Å². The first-order valence-corrected chi connectivity index (χ1v) is 9.08. The number of nitrogens with one attached hydrogen (secondary N) is 1. The summed E-state index contributed by atoms with van der Waals surface area (Å²) in [7, 11) is 0. The minimum atomic E-state index is -0.536. The van der Waals surface area contributed by atoms with E-state index in [4.69, 9.17) is 16.1 Å². The smallest absolute Gasteiger partial charge is 0.293 e. The summed E-state index contributed by atoms with van der Waals surface area (Å²) in [5.41, 5.74) is 1.14. The predicted octanol–water partition coefficient (Wildman–Crippen LogP) is 2.52. The molecule has 1 saturated heterocycles. The van der Waals surface area contributed by atoms with Crippen LogP contribution in [-0.2, 0) is 4.79 Å². The van der Waals surface area contributed by atoms with Gasteiger partial charge in [0.25, 0.3) is 17.6 Å². The number of piperidine rings is 1. The summed E-state index contributed by atoms with van der Waals surface area (Å²) in [6.45, 7) is 1.48. The van der Waals surface area contributed by atoms with Crippen molar-refractivity contribution >= 4 is 23.4 Å². The van der Waals surface area contributed by atoms with Crippen molar-refractivity contribution < 1.29 is 14.1 Å². The van der Waals surface area contributed by atoms with Gasteiger partial charge in [-0.15, -0.1) is 0 Å². The molecule has 0 radical (unpaired) electrons. The molecule has 0 bridgehead atoms. The number of benzene rings is 1. The van der Waals surface area contributed by atoms with E-state index in [9.17, 15) is 9.59 Å². The number of carbonyl (C=O) groups is 2. The molecule has 4 rings (SSSR count). The fourth-order valence-corrected chi connectivity index (χ4v) is 3.50. The highest BCUT2D eigenvalue weighted by atomic mass is 35.5. The number of nitrogens with zero attached hydrogens (tertiary/aromatic N) is 3. The lowest BCUT2D eigenvalue weighted by Gasteiger charge is -2.32. The molecule has 1 spiro atoms. The molecule has 2 aromatic rings. The zero-order chi connectivity index (χ0) is 18.1. The van der Waals surface area contributed by atoms with Crippen molar-refractivity contribution in [2.75, 3.05) is 19.6 Å². The molecule has 8 heteroatoms. The Bertz CT molecular complexity index is 836. The van der Waals surface area contributed by atoms with Crippen molar-refractivity contribution in [3.8, 4) is 11.5 Å². The minimum absolute atomic E-state index is 0.0626. The van der Waals surface area contributed by atoms with Crippen LogP contribution in [0, 0.1) is 5.41 Å². The van der Waals surface area contributed by atoms with E-state index >= 15 is 0 Å². The van der Waals surface area contributed by atoms with E-state index in [-0.39, 0.29) is 24.2 Å². The second-order valence-electron chi connectivity index (χ2n) is 7.00. The molecule has 7 nitrogen and oxygen atoms in total. The molecule has 2 fully saturated rings. The van der Waals surface area contributed by atoms with Crippen LogP contribution in [0.25, 0.3) is 11.5 Å². The summed E-state index contributed by atoms with van der Waals surface area (Å²) in [4.78, 5) is 30.3. The lowest BCUT2D eigenvalue weighted by atomic mass is 9.94. The lowest BCUT2D eigenvalue weighted by Crippen LogP contribution is -2.44. The van der Waals surface area contributed by atoms with Crippen LogP contribution >= 0.6 is 11.6 Å². The van der Waals surface area contributed by atoms with Crippen molar-refractivity contribution in [3.63, 3.8) is 0 Å². The maximum atomic E-state index is 12.3. The molecule has 2 heterocycles. The third-order valence-electron chi connectivity index (χ3n) is 5.23. The lowest BCUT2D eigenvalue weighted by molar-refractivity contribution is -0.131. The largest absolute Gasteiger partial charge is 0.341 e. The Morgan fingerprint density at radius 1 is 1.23 bits per heavy atom. The predicted molar refractivity (Wildman–Crippen MR) is 94.6 cm³/mol. The third kappa shape index (κ3) is 3.58. The highest BCUT2D eigenvalue weighted by molar-refractivity contribution is 6.30. The number of likely N-dealkylation sites (tertiary alicyclic amines) is 1. The molecule has 0 unspecified atom stereocenters. The number of carbonyl (C=O) groups excluding carboxylic acids is 2. The van der Waals surface area contributed by atoms with E-state index in [1.807, 2.05) is 4.90 Å². The van der Waals surface area contributed by atoms with Gasteiger partial charge < -0.3 is 14.7 Å². The summed E-state index contributed by atoms with van der Waals surface area (Å²) in [6, 6.07) is 6.91. The van der Waals surface area contributed by atoms with Crippen molar-refractivity contribution in [3.05, 3.63) is 35.1 Å². The van der Waals surface area contributed by atoms with Crippen molar-refractivity contribution in [2.24, 2.45) is 5.41 Å². The zero-order valence-corrected chi connectivity index (χ0v) is 15.0. The minimum Gasteiger partial charge on any atom is -0.341 e. The van der Waals surface area contributed by atoms with Crippen molar-refractivity contribution in [1.82, 2.24) is 20.4 Å². The maximum Gasteiger partial charge on any atom is 0.293 e. The highest BCUT2D eigenvalue weighted by Gasteiger charge is 2.45. The summed E-state index contributed by atoms with van der Waals surface area (Å²) < 4.78 is 5.10.